The van der Waals surface area contributed by atoms with Crippen LogP contribution in [-0.4, -0.2) is 35.2 Å². The minimum absolute atomic E-state index is 0.00881. The van der Waals surface area contributed by atoms with Gasteiger partial charge in [-0.15, -0.1) is 0 Å². The van der Waals surface area contributed by atoms with Crippen molar-refractivity contribution < 1.29 is 24.2 Å². The minimum atomic E-state index is -1.11. The monoisotopic (exact) mass is 443 g/mol. The van der Waals surface area contributed by atoms with E-state index >= 15 is 0 Å². The number of carbonyl (C=O) groups is 3. The molecule has 9 heteroatoms. The molecule has 3 N–H and O–H groups in total. The number of hydrogen-bond acceptors (Lipinski definition) is 5. The number of nitrogens with zero attached hydrogens (tertiary/aromatic N) is 1. The zero-order valence-electron chi connectivity index (χ0n) is 14.4. The fourth-order valence-electron chi connectivity index (χ4n) is 3.16. The molecule has 2 aliphatic heterocycles. The lowest BCUT2D eigenvalue weighted by Crippen LogP contribution is -2.24. The van der Waals surface area contributed by atoms with E-state index < -0.39 is 11.9 Å². The molecule has 0 atom stereocenters. The Hall–Kier alpha value is -3.20. The van der Waals surface area contributed by atoms with Crippen molar-refractivity contribution in [1.82, 2.24) is 5.43 Å². The number of carboxylic acid groups (broad SMARTS) is 1. The highest BCUT2D eigenvalue weighted by Gasteiger charge is 2.30. The molecule has 0 unspecified atom stereocenters. The maximum atomic E-state index is 12.2. The highest BCUT2D eigenvalue weighted by Crippen LogP contribution is 2.32. The number of rotatable bonds is 4. The van der Waals surface area contributed by atoms with Crippen LogP contribution in [0.1, 0.15) is 27.0 Å². The summed E-state index contributed by atoms with van der Waals surface area (Å²) in [5.41, 5.74) is 5.05. The largest absolute Gasteiger partial charge is 0.493 e. The van der Waals surface area contributed by atoms with Crippen molar-refractivity contribution in [2.24, 2.45) is 5.10 Å². The number of hydrazone groups is 1. The summed E-state index contributed by atoms with van der Waals surface area (Å²) in [5.74, 6) is -1.16. The predicted octanol–water partition coefficient (Wildman–Crippen LogP) is 2.10. The normalized spacial score (nSPS) is 15.6. The molecule has 0 bridgehead atoms. The Kier molecular flexibility index (Phi) is 4.60. The van der Waals surface area contributed by atoms with Crippen LogP contribution in [0.15, 0.2) is 39.9 Å². The van der Waals surface area contributed by atoms with E-state index in [0.717, 1.165) is 23.3 Å². The van der Waals surface area contributed by atoms with Crippen LogP contribution in [-0.2, 0) is 22.4 Å². The molecule has 0 saturated carbocycles. The number of anilines is 1. The van der Waals surface area contributed by atoms with Crippen LogP contribution in [0.2, 0.25) is 0 Å². The Bertz CT molecular complexity index is 1060. The van der Waals surface area contributed by atoms with E-state index in [1.807, 2.05) is 18.2 Å². The lowest BCUT2D eigenvalue weighted by molar-refractivity contribution is -0.120. The van der Waals surface area contributed by atoms with Crippen molar-refractivity contribution in [3.63, 3.8) is 0 Å². The van der Waals surface area contributed by atoms with E-state index in [1.165, 1.54) is 12.1 Å². The zero-order valence-corrected chi connectivity index (χ0v) is 16.0. The summed E-state index contributed by atoms with van der Waals surface area (Å²) < 4.78 is 5.84. The fraction of sp³-hybridized carbons (Fsp3) is 0.158. The summed E-state index contributed by atoms with van der Waals surface area (Å²) in [4.78, 5) is 35.6. The van der Waals surface area contributed by atoms with E-state index in [0.29, 0.717) is 22.3 Å². The third-order valence-corrected chi connectivity index (χ3v) is 5.07. The Morgan fingerprint density at radius 1 is 1.29 bits per heavy atom. The van der Waals surface area contributed by atoms with E-state index in [1.54, 1.807) is 0 Å². The first kappa shape index (κ1) is 18.2. The summed E-state index contributed by atoms with van der Waals surface area (Å²) in [5, 5.41) is 15.6. The number of carboxylic acids is 1. The number of carbonyl (C=O) groups excluding carboxylic acids is 2. The molecule has 2 amide bonds. The molecule has 28 heavy (non-hydrogen) atoms. The highest BCUT2D eigenvalue weighted by molar-refractivity contribution is 9.10. The number of halogens is 1. The maximum absolute atomic E-state index is 12.2. The van der Waals surface area contributed by atoms with Gasteiger partial charge in [0.2, 0.25) is 5.91 Å². The second kappa shape index (κ2) is 7.08. The molecule has 0 spiro atoms. The molecule has 2 aliphatic rings. The van der Waals surface area contributed by atoms with Crippen molar-refractivity contribution in [2.75, 3.05) is 11.9 Å². The number of benzene rings is 2. The molecule has 0 fully saturated rings. The van der Waals surface area contributed by atoms with Crippen molar-refractivity contribution in [1.29, 1.82) is 0 Å². The SMILES string of the molecule is O=C(Cc1ccc2c(c1)CCO2)NN=C1C(=O)Nc2cc(C(=O)O)cc(Br)c21. The highest BCUT2D eigenvalue weighted by atomic mass is 79.9. The first-order chi connectivity index (χ1) is 13.4. The number of nitrogens with one attached hydrogen (secondary N) is 2. The van der Waals surface area contributed by atoms with Crippen LogP contribution in [0.3, 0.4) is 0 Å². The summed E-state index contributed by atoms with van der Waals surface area (Å²) in [6, 6.07) is 8.31. The predicted molar refractivity (Wildman–Crippen MR) is 104 cm³/mol. The van der Waals surface area contributed by atoms with Crippen LogP contribution in [0.25, 0.3) is 0 Å². The van der Waals surface area contributed by atoms with Crippen LogP contribution >= 0.6 is 15.9 Å². The molecular weight excluding hydrogens is 430 g/mol. The van der Waals surface area contributed by atoms with Crippen LogP contribution in [0.5, 0.6) is 5.75 Å². The first-order valence-corrected chi connectivity index (χ1v) is 9.21. The molecule has 8 nitrogen and oxygen atoms in total. The average Bonchev–Trinajstić information content (AvgIpc) is 3.23. The Morgan fingerprint density at radius 3 is 2.89 bits per heavy atom. The molecular formula is C19H14BrN3O5. The van der Waals surface area contributed by atoms with E-state index in [4.69, 9.17) is 9.84 Å². The van der Waals surface area contributed by atoms with Crippen molar-refractivity contribution in [3.05, 3.63) is 57.1 Å². The lowest BCUT2D eigenvalue weighted by atomic mass is 10.1. The van der Waals surface area contributed by atoms with E-state index in [9.17, 15) is 14.4 Å². The van der Waals surface area contributed by atoms with Gasteiger partial charge in [0, 0.05) is 16.5 Å². The van der Waals surface area contributed by atoms with Crippen LogP contribution in [0, 0.1) is 0 Å². The Balaban J connectivity index is 1.51. The van der Waals surface area contributed by atoms with Gasteiger partial charge < -0.3 is 15.2 Å². The number of hydrogen-bond donors (Lipinski definition) is 3. The molecule has 142 valence electrons. The standard InChI is InChI=1S/C19H14BrN3O5/c20-12-7-11(19(26)27)8-13-16(12)17(18(25)21-13)23-22-15(24)6-9-1-2-14-10(5-9)3-4-28-14/h1-2,5,7-8H,3-4,6H2,(H,22,24)(H,26,27)(H,21,23,25). The molecule has 0 aliphatic carbocycles. The molecule has 4 rings (SSSR count). The molecule has 0 saturated heterocycles. The molecule has 2 aromatic carbocycles. The lowest BCUT2D eigenvalue weighted by Gasteiger charge is -2.05. The van der Waals surface area contributed by atoms with Gasteiger partial charge in [-0.05, 0) is 45.3 Å². The van der Waals surface area contributed by atoms with Gasteiger partial charge in [-0.3, -0.25) is 9.59 Å². The second-order valence-corrected chi connectivity index (χ2v) is 7.21. The van der Waals surface area contributed by atoms with Crippen molar-refractivity contribution >= 4 is 45.1 Å². The van der Waals surface area contributed by atoms with Gasteiger partial charge in [0.05, 0.1) is 24.3 Å². The summed E-state index contributed by atoms with van der Waals surface area (Å²) >= 11 is 3.26. The second-order valence-electron chi connectivity index (χ2n) is 6.35. The van der Waals surface area contributed by atoms with Crippen LogP contribution < -0.4 is 15.5 Å². The number of aromatic carboxylic acids is 1. The zero-order chi connectivity index (χ0) is 19.8. The quantitative estimate of drug-likeness (QED) is 0.625. The van der Waals surface area contributed by atoms with Gasteiger partial charge >= 0.3 is 5.97 Å². The van der Waals surface area contributed by atoms with Crippen molar-refractivity contribution in [2.45, 2.75) is 12.8 Å². The Morgan fingerprint density at radius 2 is 2.11 bits per heavy atom. The maximum Gasteiger partial charge on any atom is 0.335 e. The molecule has 0 aromatic heterocycles. The van der Waals surface area contributed by atoms with E-state index in [-0.39, 0.29) is 23.6 Å². The van der Waals surface area contributed by atoms with Gasteiger partial charge in [0.25, 0.3) is 5.91 Å². The van der Waals surface area contributed by atoms with Gasteiger partial charge in [0.1, 0.15) is 5.75 Å². The van der Waals surface area contributed by atoms with Gasteiger partial charge in [0.15, 0.2) is 5.71 Å². The summed E-state index contributed by atoms with van der Waals surface area (Å²) in [6.45, 7) is 0.644. The van der Waals surface area contributed by atoms with Gasteiger partial charge in [-0.25, -0.2) is 10.2 Å². The van der Waals surface area contributed by atoms with Crippen LogP contribution in [0.4, 0.5) is 5.69 Å². The third kappa shape index (κ3) is 3.36. The third-order valence-electron chi connectivity index (χ3n) is 4.45. The summed E-state index contributed by atoms with van der Waals surface area (Å²) in [6.07, 6.45) is 0.925. The van der Waals surface area contributed by atoms with Gasteiger partial charge in [-0.2, -0.15) is 5.10 Å². The number of fused-ring (bicyclic) bond motifs is 2. The van der Waals surface area contributed by atoms with Crippen molar-refractivity contribution in [3.8, 4) is 5.75 Å². The first-order valence-electron chi connectivity index (χ1n) is 8.42. The average molecular weight is 444 g/mol. The molecule has 2 heterocycles. The number of amides is 2. The minimum Gasteiger partial charge on any atom is -0.493 e. The topological polar surface area (TPSA) is 117 Å². The fourth-order valence-corrected chi connectivity index (χ4v) is 3.81. The van der Waals surface area contributed by atoms with Gasteiger partial charge in [-0.1, -0.05) is 12.1 Å². The smallest absolute Gasteiger partial charge is 0.335 e. The molecule has 2 aromatic rings. The Labute approximate surface area is 167 Å². The molecule has 0 radical (unpaired) electrons. The number of ether oxygens (including phenoxy) is 1. The summed E-state index contributed by atoms with van der Waals surface area (Å²) in [7, 11) is 0. The van der Waals surface area contributed by atoms with E-state index in [2.05, 4.69) is 31.8 Å².